The maximum atomic E-state index is 3.76. The van der Waals surface area contributed by atoms with Crippen LogP contribution >= 0.6 is 0 Å². The number of rotatable bonds is 4. The van der Waals surface area contributed by atoms with Crippen LogP contribution in [0.15, 0.2) is 0 Å². The van der Waals surface area contributed by atoms with Crippen LogP contribution in [0.3, 0.4) is 0 Å². The van der Waals surface area contributed by atoms with Crippen LogP contribution in [0.1, 0.15) is 58.3 Å². The van der Waals surface area contributed by atoms with Crippen LogP contribution < -0.4 is 5.32 Å². The molecule has 104 valence electrons. The summed E-state index contributed by atoms with van der Waals surface area (Å²) in [6, 6.07) is 1.75. The normalized spacial score (nSPS) is 41.2. The summed E-state index contributed by atoms with van der Waals surface area (Å²) in [7, 11) is 0. The van der Waals surface area contributed by atoms with Gasteiger partial charge < -0.3 is 10.2 Å². The van der Waals surface area contributed by atoms with E-state index in [1.54, 1.807) is 0 Å². The molecule has 18 heavy (non-hydrogen) atoms. The van der Waals surface area contributed by atoms with Crippen molar-refractivity contribution in [1.29, 1.82) is 0 Å². The molecule has 0 radical (unpaired) electrons. The third-order valence-corrected chi connectivity index (χ3v) is 5.60. The molecule has 1 N–H and O–H groups in total. The average Bonchev–Trinajstić information content (AvgIpc) is 2.76. The second-order valence-corrected chi connectivity index (χ2v) is 6.98. The summed E-state index contributed by atoms with van der Waals surface area (Å²) < 4.78 is 0. The Balaban J connectivity index is 1.41. The highest BCUT2D eigenvalue weighted by molar-refractivity contribution is 4.92. The van der Waals surface area contributed by atoms with Crippen LogP contribution in [0, 0.1) is 11.8 Å². The maximum absolute atomic E-state index is 3.76. The molecule has 2 heteroatoms. The number of likely N-dealkylation sites (tertiary alicyclic amines) is 1. The van der Waals surface area contributed by atoms with Crippen LogP contribution in [-0.2, 0) is 0 Å². The zero-order valence-electron chi connectivity index (χ0n) is 12.0. The van der Waals surface area contributed by atoms with Crippen molar-refractivity contribution >= 4 is 0 Å². The Morgan fingerprint density at radius 2 is 1.83 bits per heavy atom. The Labute approximate surface area is 113 Å². The molecule has 0 amide bonds. The Morgan fingerprint density at radius 1 is 1.06 bits per heavy atom. The predicted molar refractivity (Wildman–Crippen MR) is 76.7 cm³/mol. The van der Waals surface area contributed by atoms with E-state index in [9.17, 15) is 0 Å². The van der Waals surface area contributed by atoms with Crippen molar-refractivity contribution < 1.29 is 0 Å². The minimum Gasteiger partial charge on any atom is -0.311 e. The topological polar surface area (TPSA) is 15.3 Å². The molecule has 3 fully saturated rings. The van der Waals surface area contributed by atoms with E-state index >= 15 is 0 Å². The van der Waals surface area contributed by atoms with Gasteiger partial charge in [0.05, 0.1) is 0 Å². The molecule has 0 aromatic carbocycles. The van der Waals surface area contributed by atoms with Crippen LogP contribution in [0.25, 0.3) is 0 Å². The molecule has 2 nitrogen and oxygen atoms in total. The lowest BCUT2D eigenvalue weighted by atomic mass is 9.89. The molecule has 0 aromatic rings. The van der Waals surface area contributed by atoms with Crippen molar-refractivity contribution in [1.82, 2.24) is 10.2 Å². The highest BCUT2D eigenvalue weighted by Crippen LogP contribution is 2.33. The van der Waals surface area contributed by atoms with E-state index in [4.69, 9.17) is 0 Å². The molecular weight excluding hydrogens is 220 g/mol. The van der Waals surface area contributed by atoms with Crippen LogP contribution in [0.2, 0.25) is 0 Å². The number of nitrogens with one attached hydrogen (secondary N) is 1. The molecule has 0 aliphatic carbocycles. The van der Waals surface area contributed by atoms with Crippen LogP contribution in [-0.4, -0.2) is 36.6 Å². The lowest BCUT2D eigenvalue weighted by molar-refractivity contribution is 0.153. The molecule has 3 heterocycles. The van der Waals surface area contributed by atoms with Gasteiger partial charge in [-0.3, -0.25) is 0 Å². The highest BCUT2D eigenvalue weighted by Gasteiger charge is 2.33. The lowest BCUT2D eigenvalue weighted by Gasteiger charge is -2.35. The van der Waals surface area contributed by atoms with Gasteiger partial charge in [-0.2, -0.15) is 0 Å². The smallest absolute Gasteiger partial charge is 0.00728 e. The number of fused-ring (bicyclic) bond motifs is 2. The molecule has 3 atom stereocenters. The fourth-order valence-corrected chi connectivity index (χ4v) is 4.46. The number of hydrogen-bond donors (Lipinski definition) is 1. The van der Waals surface area contributed by atoms with Crippen molar-refractivity contribution in [3.05, 3.63) is 0 Å². The molecule has 3 aliphatic heterocycles. The largest absolute Gasteiger partial charge is 0.311 e. The fraction of sp³-hybridized carbons (Fsp3) is 1.00. The summed E-state index contributed by atoms with van der Waals surface area (Å²) in [6.45, 7) is 6.49. The minimum absolute atomic E-state index is 0.874. The first kappa shape index (κ1) is 12.9. The monoisotopic (exact) mass is 250 g/mol. The maximum Gasteiger partial charge on any atom is 0.00728 e. The van der Waals surface area contributed by atoms with Gasteiger partial charge in [-0.25, -0.2) is 0 Å². The molecule has 3 saturated heterocycles. The van der Waals surface area contributed by atoms with Gasteiger partial charge in [0.25, 0.3) is 0 Å². The molecule has 0 spiro atoms. The number of hydrogen-bond acceptors (Lipinski definition) is 2. The summed E-state index contributed by atoms with van der Waals surface area (Å²) >= 11 is 0. The zero-order chi connectivity index (χ0) is 12.4. The highest BCUT2D eigenvalue weighted by atomic mass is 15.1. The van der Waals surface area contributed by atoms with Crippen molar-refractivity contribution in [2.45, 2.75) is 70.4 Å². The molecule has 3 unspecified atom stereocenters. The molecule has 0 aromatic heterocycles. The van der Waals surface area contributed by atoms with E-state index < -0.39 is 0 Å². The quantitative estimate of drug-likeness (QED) is 0.825. The van der Waals surface area contributed by atoms with Gasteiger partial charge in [0.15, 0.2) is 0 Å². The average molecular weight is 250 g/mol. The van der Waals surface area contributed by atoms with Crippen LogP contribution in [0.5, 0.6) is 0 Å². The Morgan fingerprint density at radius 3 is 2.56 bits per heavy atom. The van der Waals surface area contributed by atoms with Crippen molar-refractivity contribution in [2.75, 3.05) is 19.6 Å². The van der Waals surface area contributed by atoms with Gasteiger partial charge in [0.1, 0.15) is 0 Å². The third kappa shape index (κ3) is 3.08. The number of piperidine rings is 2. The van der Waals surface area contributed by atoms with Gasteiger partial charge in [0, 0.05) is 18.6 Å². The third-order valence-electron chi connectivity index (χ3n) is 5.60. The Bertz CT molecular complexity index is 254. The number of nitrogens with zero attached hydrogens (tertiary/aromatic N) is 1. The minimum atomic E-state index is 0.874. The first-order chi connectivity index (χ1) is 8.83. The molecule has 2 bridgehead atoms. The SMILES string of the molecule is CCC1CCCN(CCC2CC3CCC(C2)N3)C1. The Kier molecular flexibility index (Phi) is 4.25. The summed E-state index contributed by atoms with van der Waals surface area (Å²) in [5.74, 6) is 2.01. The lowest BCUT2D eigenvalue weighted by Crippen LogP contribution is -2.40. The Hall–Kier alpha value is -0.0800. The molecule has 3 rings (SSSR count). The zero-order valence-corrected chi connectivity index (χ0v) is 12.0. The van der Waals surface area contributed by atoms with Crippen LogP contribution in [0.4, 0.5) is 0 Å². The summed E-state index contributed by atoms with van der Waals surface area (Å²) in [6.07, 6.45) is 11.6. The molecule has 0 saturated carbocycles. The van der Waals surface area contributed by atoms with Gasteiger partial charge in [-0.05, 0) is 69.9 Å². The van der Waals surface area contributed by atoms with E-state index in [1.165, 1.54) is 71.0 Å². The standard InChI is InChI=1S/C16H30N2/c1-2-13-4-3-8-18(12-13)9-7-14-10-15-5-6-16(11-14)17-15/h13-17H,2-12H2,1H3. The first-order valence-corrected chi connectivity index (χ1v) is 8.32. The molecular formula is C16H30N2. The second kappa shape index (κ2) is 5.92. The fourth-order valence-electron chi connectivity index (χ4n) is 4.46. The van der Waals surface area contributed by atoms with Crippen molar-refractivity contribution in [3.8, 4) is 0 Å². The second-order valence-electron chi connectivity index (χ2n) is 6.98. The van der Waals surface area contributed by atoms with Gasteiger partial charge in [-0.1, -0.05) is 13.3 Å². The van der Waals surface area contributed by atoms with Crippen molar-refractivity contribution in [3.63, 3.8) is 0 Å². The first-order valence-electron chi connectivity index (χ1n) is 8.32. The van der Waals surface area contributed by atoms with Gasteiger partial charge in [0.2, 0.25) is 0 Å². The van der Waals surface area contributed by atoms with E-state index in [0.29, 0.717) is 0 Å². The van der Waals surface area contributed by atoms with Gasteiger partial charge in [-0.15, -0.1) is 0 Å². The van der Waals surface area contributed by atoms with E-state index in [2.05, 4.69) is 17.1 Å². The summed E-state index contributed by atoms with van der Waals surface area (Å²) in [5.41, 5.74) is 0. The van der Waals surface area contributed by atoms with E-state index in [0.717, 1.165) is 23.9 Å². The molecule has 3 aliphatic rings. The van der Waals surface area contributed by atoms with Gasteiger partial charge >= 0.3 is 0 Å². The van der Waals surface area contributed by atoms with E-state index in [-0.39, 0.29) is 0 Å². The van der Waals surface area contributed by atoms with Crippen molar-refractivity contribution in [2.24, 2.45) is 11.8 Å². The summed E-state index contributed by atoms with van der Waals surface area (Å²) in [5, 5.41) is 3.76. The van der Waals surface area contributed by atoms with E-state index in [1.807, 2.05) is 0 Å². The predicted octanol–water partition coefficient (Wildman–Crippen LogP) is 3.03. The summed E-state index contributed by atoms with van der Waals surface area (Å²) in [4.78, 5) is 2.75.